The Balaban J connectivity index is 2.91. The predicted molar refractivity (Wildman–Crippen MR) is 78.9 cm³/mol. The summed E-state index contributed by atoms with van der Waals surface area (Å²) in [7, 11) is 0. The van der Waals surface area contributed by atoms with Gasteiger partial charge in [0, 0.05) is 35.8 Å². The molecule has 1 rings (SSSR count). The molecule has 1 atom stereocenters. The van der Waals surface area contributed by atoms with Crippen LogP contribution < -0.4 is 5.09 Å². The number of aliphatic hydroxyl groups is 1. The average Bonchev–Trinajstić information content (AvgIpc) is 2.31. The fourth-order valence-corrected chi connectivity index (χ4v) is 2.35. The van der Waals surface area contributed by atoms with Gasteiger partial charge in [0.25, 0.3) is 0 Å². The van der Waals surface area contributed by atoms with Crippen molar-refractivity contribution in [2.24, 2.45) is 0 Å². The summed E-state index contributed by atoms with van der Waals surface area (Å²) in [6.45, 7) is 0.0834. The highest BCUT2D eigenvalue weighted by Crippen LogP contribution is 2.26. The maximum Gasteiger partial charge on any atom is 0.0540 e. The molecular formula is C11H12IN2OP. The highest BCUT2D eigenvalue weighted by molar-refractivity contribution is 14.2. The lowest BCUT2D eigenvalue weighted by atomic mass is 10.1. The van der Waals surface area contributed by atoms with Gasteiger partial charge in [0.05, 0.1) is 6.61 Å². The molecular weight excluding hydrogens is 334 g/mol. The van der Waals surface area contributed by atoms with Gasteiger partial charge in [0.1, 0.15) is 0 Å². The number of hydrogen-bond acceptors (Lipinski definition) is 3. The number of halogens is 1. The van der Waals surface area contributed by atoms with Crippen LogP contribution in [0.3, 0.4) is 0 Å². The maximum absolute atomic E-state index is 8.61. The Morgan fingerprint density at radius 3 is 3.00 bits per heavy atom. The summed E-state index contributed by atoms with van der Waals surface area (Å²) in [4.78, 5) is 0. The predicted octanol–water partition coefficient (Wildman–Crippen LogP) is 2.77. The van der Waals surface area contributed by atoms with E-state index in [1.807, 2.05) is 18.2 Å². The van der Waals surface area contributed by atoms with E-state index in [9.17, 15) is 0 Å². The fourth-order valence-electron chi connectivity index (χ4n) is 1.15. The Bertz CT molecular complexity index is 426. The zero-order chi connectivity index (χ0) is 11.8. The SMILES string of the molecule is N=Cc1cc(C#CCCO)ccc1NPI. The third-order valence-electron chi connectivity index (χ3n) is 1.86. The second kappa shape index (κ2) is 7.61. The Kier molecular flexibility index (Phi) is 6.39. The van der Waals surface area contributed by atoms with Crippen molar-refractivity contribution in [3.63, 3.8) is 0 Å². The summed E-state index contributed by atoms with van der Waals surface area (Å²) in [5.41, 5.74) is 2.66. The second-order valence-corrected chi connectivity index (χ2v) is 5.00. The largest absolute Gasteiger partial charge is 0.395 e. The lowest BCUT2D eigenvalue weighted by Crippen LogP contribution is -1.91. The molecule has 3 N–H and O–H groups in total. The minimum atomic E-state index is 0.0834. The Labute approximate surface area is 110 Å². The minimum Gasteiger partial charge on any atom is -0.395 e. The van der Waals surface area contributed by atoms with Crippen LogP contribution in [0.25, 0.3) is 0 Å². The number of anilines is 1. The molecule has 0 saturated carbocycles. The molecule has 5 heteroatoms. The Hall–Kier alpha value is -0.630. The van der Waals surface area contributed by atoms with E-state index in [1.165, 1.54) is 6.21 Å². The van der Waals surface area contributed by atoms with Gasteiger partial charge in [0.2, 0.25) is 0 Å². The number of hydrogen-bond donors (Lipinski definition) is 3. The van der Waals surface area contributed by atoms with Crippen LogP contribution in [0, 0.1) is 17.3 Å². The summed E-state index contributed by atoms with van der Waals surface area (Å²) in [5.74, 6) is 5.81. The molecule has 0 saturated heterocycles. The van der Waals surface area contributed by atoms with E-state index in [0.717, 1.165) is 16.8 Å². The van der Waals surface area contributed by atoms with Crippen molar-refractivity contribution in [3.05, 3.63) is 29.3 Å². The summed E-state index contributed by atoms with van der Waals surface area (Å²) >= 11 is 2.25. The molecule has 0 aliphatic carbocycles. The summed E-state index contributed by atoms with van der Waals surface area (Å²) in [5, 5.41) is 19.1. The molecule has 0 bridgehead atoms. The van der Waals surface area contributed by atoms with E-state index in [4.69, 9.17) is 10.5 Å². The lowest BCUT2D eigenvalue weighted by molar-refractivity contribution is 0.305. The van der Waals surface area contributed by atoms with E-state index < -0.39 is 0 Å². The van der Waals surface area contributed by atoms with Crippen LogP contribution in [0.15, 0.2) is 18.2 Å². The van der Waals surface area contributed by atoms with Gasteiger partial charge in [0.15, 0.2) is 0 Å². The van der Waals surface area contributed by atoms with E-state index in [0.29, 0.717) is 12.8 Å². The Morgan fingerprint density at radius 1 is 1.56 bits per heavy atom. The van der Waals surface area contributed by atoms with Crippen molar-refractivity contribution in [1.82, 2.24) is 0 Å². The molecule has 1 aromatic rings. The van der Waals surface area contributed by atoms with Crippen LogP contribution in [0.2, 0.25) is 0 Å². The molecule has 0 aliphatic rings. The van der Waals surface area contributed by atoms with Crippen molar-refractivity contribution in [2.45, 2.75) is 6.42 Å². The van der Waals surface area contributed by atoms with Gasteiger partial charge in [-0.2, -0.15) is 0 Å². The van der Waals surface area contributed by atoms with Crippen LogP contribution in [0.1, 0.15) is 17.5 Å². The molecule has 0 aliphatic heterocycles. The average molecular weight is 346 g/mol. The zero-order valence-electron chi connectivity index (χ0n) is 8.55. The van der Waals surface area contributed by atoms with Gasteiger partial charge >= 0.3 is 0 Å². The number of nitrogens with one attached hydrogen (secondary N) is 2. The molecule has 1 unspecified atom stereocenters. The quantitative estimate of drug-likeness (QED) is 0.340. The van der Waals surface area contributed by atoms with Crippen LogP contribution in [0.4, 0.5) is 5.69 Å². The van der Waals surface area contributed by atoms with Crippen molar-refractivity contribution in [3.8, 4) is 11.8 Å². The standard InChI is InChI=1S/C11H12IN2OP/c12-16-14-11-5-4-9(3-1-2-6-15)7-10(11)8-13/h4-5,7-8,13-16H,2,6H2. The number of benzene rings is 1. The molecule has 0 spiro atoms. The topological polar surface area (TPSA) is 56.1 Å². The van der Waals surface area contributed by atoms with E-state index in [-0.39, 0.29) is 6.61 Å². The molecule has 0 amide bonds. The summed E-state index contributed by atoms with van der Waals surface area (Å²) < 4.78 is 0. The van der Waals surface area contributed by atoms with Crippen LogP contribution in [-0.4, -0.2) is 17.9 Å². The molecule has 0 aromatic heterocycles. The van der Waals surface area contributed by atoms with Crippen molar-refractivity contribution in [1.29, 1.82) is 5.41 Å². The van der Waals surface area contributed by atoms with Gasteiger partial charge in [-0.1, -0.05) is 11.8 Å². The number of rotatable bonds is 4. The third kappa shape index (κ3) is 4.09. The Morgan fingerprint density at radius 2 is 2.38 bits per heavy atom. The zero-order valence-corrected chi connectivity index (χ0v) is 11.7. The monoisotopic (exact) mass is 346 g/mol. The minimum absolute atomic E-state index is 0.0834. The molecule has 16 heavy (non-hydrogen) atoms. The van der Waals surface area contributed by atoms with Crippen molar-refractivity contribution in [2.75, 3.05) is 11.7 Å². The third-order valence-corrected chi connectivity index (χ3v) is 3.03. The molecule has 3 nitrogen and oxygen atoms in total. The highest BCUT2D eigenvalue weighted by Gasteiger charge is 1.99. The second-order valence-electron chi connectivity index (χ2n) is 2.94. The maximum atomic E-state index is 8.61. The van der Waals surface area contributed by atoms with Gasteiger partial charge in [-0.15, -0.1) is 0 Å². The fraction of sp³-hybridized carbons (Fsp3) is 0.182. The van der Waals surface area contributed by atoms with Crippen molar-refractivity contribution >= 4 is 40.3 Å². The van der Waals surface area contributed by atoms with Crippen LogP contribution in [-0.2, 0) is 0 Å². The van der Waals surface area contributed by atoms with Crippen LogP contribution >= 0.6 is 28.4 Å². The first kappa shape index (κ1) is 13.4. The van der Waals surface area contributed by atoms with Crippen LogP contribution in [0.5, 0.6) is 0 Å². The molecule has 84 valence electrons. The summed E-state index contributed by atoms with van der Waals surface area (Å²) in [6.07, 6.45) is 2.38. The van der Waals surface area contributed by atoms with E-state index in [1.54, 1.807) is 0 Å². The van der Waals surface area contributed by atoms with Gasteiger partial charge in [-0.25, -0.2) is 0 Å². The first-order valence-corrected chi connectivity index (χ1v) is 8.79. The van der Waals surface area contributed by atoms with Gasteiger partial charge in [-0.3, -0.25) is 0 Å². The molecule has 0 radical (unpaired) electrons. The molecule has 0 heterocycles. The molecule has 1 aromatic carbocycles. The van der Waals surface area contributed by atoms with Gasteiger partial charge < -0.3 is 15.6 Å². The van der Waals surface area contributed by atoms with E-state index in [2.05, 4.69) is 39.0 Å². The molecule has 0 fully saturated rings. The van der Waals surface area contributed by atoms with Gasteiger partial charge in [-0.05, 0) is 40.2 Å². The van der Waals surface area contributed by atoms with Crippen molar-refractivity contribution < 1.29 is 5.11 Å². The normalized spacial score (nSPS) is 9.88. The smallest absolute Gasteiger partial charge is 0.0540 e. The van der Waals surface area contributed by atoms with E-state index >= 15 is 0 Å². The first-order valence-electron chi connectivity index (χ1n) is 4.67. The lowest BCUT2D eigenvalue weighted by Gasteiger charge is -2.06. The summed E-state index contributed by atoms with van der Waals surface area (Å²) in [6, 6.07) is 5.71. The highest BCUT2D eigenvalue weighted by atomic mass is 127. The first-order chi connectivity index (χ1) is 7.81. The number of aliphatic hydroxyl groups excluding tert-OH is 1.